The van der Waals surface area contributed by atoms with E-state index in [1.54, 1.807) is 0 Å². The minimum Gasteiger partial charge on any atom is -0.491 e. The third-order valence-electron chi connectivity index (χ3n) is 0.746. The maximum atomic E-state index is 8.53. The number of nitrogen functional groups attached to an aromatic ring is 1. The molecule has 8 heavy (non-hydrogen) atoms. The quantitative estimate of drug-likeness (QED) is 0.394. The molecule has 0 unspecified atom stereocenters. The molecule has 0 saturated carbocycles. The van der Waals surface area contributed by atoms with Gasteiger partial charge in [-0.1, -0.05) is 0 Å². The maximum absolute atomic E-state index is 8.53. The van der Waals surface area contributed by atoms with Crippen LogP contribution in [-0.4, -0.2) is 20.0 Å². The van der Waals surface area contributed by atoms with Gasteiger partial charge < -0.3 is 16.0 Å². The molecule has 0 aromatic carbocycles. The molecule has 1 rings (SSSR count). The molecule has 0 bridgehead atoms. The van der Waals surface area contributed by atoms with Gasteiger partial charge in [0.05, 0.1) is 6.20 Å². The number of nitrogens with two attached hydrogens (primary N) is 1. The van der Waals surface area contributed by atoms with Crippen LogP contribution in [0.4, 0.5) is 5.95 Å². The zero-order valence-electron chi connectivity index (χ0n) is 3.94. The van der Waals surface area contributed by atoms with Crippen molar-refractivity contribution in [2.75, 3.05) is 5.73 Å². The van der Waals surface area contributed by atoms with Gasteiger partial charge in [-0.15, -0.1) is 4.73 Å². The molecular formula is C3H5N3O2. The van der Waals surface area contributed by atoms with Gasteiger partial charge in [-0.3, -0.25) is 0 Å². The van der Waals surface area contributed by atoms with Crippen LogP contribution in [0.1, 0.15) is 0 Å². The summed E-state index contributed by atoms with van der Waals surface area (Å²) in [6.45, 7) is 0. The zero-order valence-corrected chi connectivity index (χ0v) is 3.94. The highest BCUT2D eigenvalue weighted by molar-refractivity contribution is 5.22. The summed E-state index contributed by atoms with van der Waals surface area (Å²) in [6, 6.07) is 0. The van der Waals surface area contributed by atoms with E-state index in [0.29, 0.717) is 4.73 Å². The van der Waals surface area contributed by atoms with Crippen molar-refractivity contribution in [3.05, 3.63) is 6.20 Å². The van der Waals surface area contributed by atoms with Crippen LogP contribution < -0.4 is 5.73 Å². The van der Waals surface area contributed by atoms with Gasteiger partial charge in [0.1, 0.15) is 0 Å². The zero-order chi connectivity index (χ0) is 6.15. The van der Waals surface area contributed by atoms with Crippen LogP contribution in [0.15, 0.2) is 6.20 Å². The fourth-order valence-electron chi connectivity index (χ4n) is 0.351. The summed E-state index contributed by atoms with van der Waals surface area (Å²) in [7, 11) is 0. The number of nitrogens with zero attached hydrogens (tertiary/aromatic N) is 2. The molecule has 0 saturated heterocycles. The molecule has 0 spiro atoms. The van der Waals surface area contributed by atoms with Gasteiger partial charge >= 0.3 is 0 Å². The van der Waals surface area contributed by atoms with Gasteiger partial charge in [0.2, 0.25) is 11.8 Å². The first-order valence-electron chi connectivity index (χ1n) is 1.93. The highest BCUT2D eigenvalue weighted by Crippen LogP contribution is 2.08. The molecule has 0 atom stereocenters. The first-order chi connectivity index (χ1) is 3.72. The third kappa shape index (κ3) is 0.446. The SMILES string of the molecule is Nc1ncc(O)n1O. The van der Waals surface area contributed by atoms with Gasteiger partial charge in [0.25, 0.3) is 0 Å². The monoisotopic (exact) mass is 115 g/mol. The molecule has 0 aliphatic heterocycles. The van der Waals surface area contributed by atoms with E-state index >= 15 is 0 Å². The highest BCUT2D eigenvalue weighted by atomic mass is 16.5. The number of anilines is 1. The summed E-state index contributed by atoms with van der Waals surface area (Å²) in [5.74, 6) is -0.481. The molecule has 1 aromatic rings. The van der Waals surface area contributed by atoms with Crippen molar-refractivity contribution in [1.82, 2.24) is 9.71 Å². The first kappa shape index (κ1) is 4.76. The van der Waals surface area contributed by atoms with Crippen molar-refractivity contribution >= 4 is 5.95 Å². The number of hydrogen-bond donors (Lipinski definition) is 3. The van der Waals surface area contributed by atoms with E-state index in [2.05, 4.69) is 4.98 Å². The van der Waals surface area contributed by atoms with E-state index in [0.717, 1.165) is 6.20 Å². The van der Waals surface area contributed by atoms with E-state index < -0.39 is 0 Å². The fraction of sp³-hybridized carbons (Fsp3) is 0. The molecule has 0 aliphatic rings. The second kappa shape index (κ2) is 1.29. The Morgan fingerprint density at radius 3 is 2.50 bits per heavy atom. The average Bonchev–Trinajstić information content (AvgIpc) is 1.98. The summed E-state index contributed by atoms with van der Waals surface area (Å²) in [5.41, 5.74) is 4.98. The lowest BCUT2D eigenvalue weighted by Crippen LogP contribution is -1.96. The average molecular weight is 115 g/mol. The molecule has 0 fully saturated rings. The Kier molecular flexibility index (Phi) is 0.768. The van der Waals surface area contributed by atoms with E-state index in [-0.39, 0.29) is 11.8 Å². The lowest BCUT2D eigenvalue weighted by Gasteiger charge is -1.90. The summed E-state index contributed by atoms with van der Waals surface area (Å²) >= 11 is 0. The third-order valence-corrected chi connectivity index (χ3v) is 0.746. The predicted molar refractivity (Wildman–Crippen MR) is 25.5 cm³/mol. The Morgan fingerprint density at radius 2 is 2.38 bits per heavy atom. The van der Waals surface area contributed by atoms with Crippen LogP contribution in [0.3, 0.4) is 0 Å². The summed E-state index contributed by atoms with van der Waals surface area (Å²) in [4.78, 5) is 3.36. The van der Waals surface area contributed by atoms with E-state index in [4.69, 9.17) is 16.0 Å². The second-order valence-electron chi connectivity index (χ2n) is 1.29. The Balaban J connectivity index is 3.19. The highest BCUT2D eigenvalue weighted by Gasteiger charge is 1.99. The maximum Gasteiger partial charge on any atom is 0.247 e. The first-order valence-corrected chi connectivity index (χ1v) is 1.93. The predicted octanol–water partition coefficient (Wildman–Crippen LogP) is -0.592. The van der Waals surface area contributed by atoms with Gasteiger partial charge in [-0.05, 0) is 0 Å². The van der Waals surface area contributed by atoms with Crippen LogP contribution >= 0.6 is 0 Å². The normalized spacial score (nSPS) is 9.50. The molecule has 0 aliphatic carbocycles. The number of imidazole rings is 1. The van der Waals surface area contributed by atoms with Gasteiger partial charge in [0.15, 0.2) is 0 Å². The molecule has 4 N–H and O–H groups in total. The Morgan fingerprint density at radius 1 is 1.75 bits per heavy atom. The number of rotatable bonds is 0. The van der Waals surface area contributed by atoms with Crippen LogP contribution in [0.5, 0.6) is 5.88 Å². The standard InChI is InChI=1S/C3H5N3O2/c4-3-5-1-2(7)6(3)8/h1,7-8H,(H2,4,5). The van der Waals surface area contributed by atoms with Crippen molar-refractivity contribution in [2.45, 2.75) is 0 Å². The molecule has 0 amide bonds. The van der Waals surface area contributed by atoms with E-state index in [1.165, 1.54) is 0 Å². The molecule has 0 radical (unpaired) electrons. The summed E-state index contributed by atoms with van der Waals surface area (Å²) in [5, 5.41) is 17.0. The topological polar surface area (TPSA) is 84.3 Å². The minimum absolute atomic E-state index is 0.123. The number of aromatic hydroxyl groups is 1. The molecule has 5 heteroatoms. The molecule has 5 nitrogen and oxygen atoms in total. The van der Waals surface area contributed by atoms with Crippen molar-refractivity contribution in [3.63, 3.8) is 0 Å². The van der Waals surface area contributed by atoms with Crippen molar-refractivity contribution in [2.24, 2.45) is 0 Å². The minimum atomic E-state index is -0.359. The lowest BCUT2D eigenvalue weighted by atomic mass is 10.9. The molecule has 1 heterocycles. The van der Waals surface area contributed by atoms with E-state index in [9.17, 15) is 0 Å². The lowest BCUT2D eigenvalue weighted by molar-refractivity contribution is 0.161. The van der Waals surface area contributed by atoms with Gasteiger partial charge in [-0.25, -0.2) is 4.98 Å². The van der Waals surface area contributed by atoms with Gasteiger partial charge in [0, 0.05) is 0 Å². The van der Waals surface area contributed by atoms with Crippen LogP contribution in [0, 0.1) is 0 Å². The van der Waals surface area contributed by atoms with Crippen molar-refractivity contribution in [1.29, 1.82) is 0 Å². The van der Waals surface area contributed by atoms with Crippen LogP contribution in [0.2, 0.25) is 0 Å². The smallest absolute Gasteiger partial charge is 0.247 e. The number of aromatic nitrogens is 2. The van der Waals surface area contributed by atoms with Crippen LogP contribution in [-0.2, 0) is 0 Å². The van der Waals surface area contributed by atoms with Gasteiger partial charge in [-0.2, -0.15) is 0 Å². The fourth-order valence-corrected chi connectivity index (χ4v) is 0.351. The van der Waals surface area contributed by atoms with Crippen molar-refractivity contribution in [3.8, 4) is 5.88 Å². The van der Waals surface area contributed by atoms with E-state index in [1.807, 2.05) is 0 Å². The molecule has 44 valence electrons. The Bertz CT molecular complexity index is 175. The number of hydrogen-bond acceptors (Lipinski definition) is 4. The molecule has 1 aromatic heterocycles. The second-order valence-corrected chi connectivity index (χ2v) is 1.29. The van der Waals surface area contributed by atoms with Crippen molar-refractivity contribution < 1.29 is 10.3 Å². The molecular weight excluding hydrogens is 110 g/mol. The Labute approximate surface area is 45.0 Å². The summed E-state index contributed by atoms with van der Waals surface area (Å²) in [6.07, 6.45) is 1.05. The Hall–Kier alpha value is -1.39. The summed E-state index contributed by atoms with van der Waals surface area (Å²) < 4.78 is 0.389. The largest absolute Gasteiger partial charge is 0.491 e. The van der Waals surface area contributed by atoms with Crippen LogP contribution in [0.25, 0.3) is 0 Å².